The Bertz CT molecular complexity index is 566. The van der Waals surface area contributed by atoms with Crippen LogP contribution >= 0.6 is 0 Å². The first-order valence-corrected chi connectivity index (χ1v) is 6.69. The molecule has 1 amide bonds. The quantitative estimate of drug-likeness (QED) is 0.656. The van der Waals surface area contributed by atoms with Crippen LogP contribution in [0.4, 0.5) is 11.4 Å². The first-order valence-electron chi connectivity index (χ1n) is 6.69. The average molecular weight is 275 g/mol. The van der Waals surface area contributed by atoms with Crippen molar-refractivity contribution in [2.45, 2.75) is 26.3 Å². The third-order valence-electron chi connectivity index (χ3n) is 3.93. The maximum atomic E-state index is 12.3. The largest absolute Gasteiger partial charge is 0.398 e. The molecular weight excluding hydrogens is 254 g/mol. The fourth-order valence-electron chi connectivity index (χ4n) is 2.68. The van der Waals surface area contributed by atoms with Crippen molar-refractivity contribution in [1.29, 1.82) is 0 Å². The highest BCUT2D eigenvalue weighted by Crippen LogP contribution is 2.30. The molecule has 20 heavy (non-hydrogen) atoms. The number of likely N-dealkylation sites (N-methyl/N-ethyl adjacent to an activating group) is 1. The van der Waals surface area contributed by atoms with Crippen molar-refractivity contribution < 1.29 is 9.59 Å². The second-order valence-electron chi connectivity index (χ2n) is 5.77. The molecule has 0 spiro atoms. The van der Waals surface area contributed by atoms with E-state index in [1.165, 1.54) is 6.92 Å². The van der Waals surface area contributed by atoms with Gasteiger partial charge in [-0.3, -0.25) is 9.59 Å². The number of benzene rings is 1. The predicted molar refractivity (Wildman–Crippen MR) is 79.9 cm³/mol. The van der Waals surface area contributed by atoms with Crippen molar-refractivity contribution in [2.24, 2.45) is 0 Å². The Morgan fingerprint density at radius 2 is 1.95 bits per heavy atom. The van der Waals surface area contributed by atoms with E-state index in [1.54, 1.807) is 17.0 Å². The number of nitrogens with two attached hydrogens (primary N) is 1. The molecule has 0 atom stereocenters. The molecule has 0 aromatic heterocycles. The van der Waals surface area contributed by atoms with Gasteiger partial charge in [0.2, 0.25) is 5.91 Å². The van der Waals surface area contributed by atoms with E-state index in [9.17, 15) is 9.59 Å². The molecule has 2 N–H and O–H groups in total. The Morgan fingerprint density at radius 1 is 1.30 bits per heavy atom. The van der Waals surface area contributed by atoms with Gasteiger partial charge in [0.05, 0.1) is 0 Å². The summed E-state index contributed by atoms with van der Waals surface area (Å²) in [6.45, 7) is 6.69. The lowest BCUT2D eigenvalue weighted by molar-refractivity contribution is -0.136. The topological polar surface area (TPSA) is 66.6 Å². The smallest absolute Gasteiger partial charge is 0.247 e. The van der Waals surface area contributed by atoms with Crippen LogP contribution in [0.15, 0.2) is 18.2 Å². The van der Waals surface area contributed by atoms with Gasteiger partial charge in [0.1, 0.15) is 5.54 Å². The second-order valence-corrected chi connectivity index (χ2v) is 5.77. The van der Waals surface area contributed by atoms with E-state index in [0.717, 1.165) is 12.2 Å². The van der Waals surface area contributed by atoms with Crippen molar-refractivity contribution in [3.8, 4) is 0 Å². The summed E-state index contributed by atoms with van der Waals surface area (Å²) in [5.41, 5.74) is 7.03. The highest BCUT2D eigenvalue weighted by atomic mass is 16.2. The van der Waals surface area contributed by atoms with Gasteiger partial charge in [0, 0.05) is 37.1 Å². The van der Waals surface area contributed by atoms with Gasteiger partial charge in [-0.05, 0) is 39.0 Å². The van der Waals surface area contributed by atoms with Crippen molar-refractivity contribution >= 4 is 23.1 Å². The molecule has 1 fully saturated rings. The lowest BCUT2D eigenvalue weighted by Gasteiger charge is -2.46. The van der Waals surface area contributed by atoms with Gasteiger partial charge in [0.25, 0.3) is 0 Å². The van der Waals surface area contributed by atoms with Gasteiger partial charge >= 0.3 is 0 Å². The summed E-state index contributed by atoms with van der Waals surface area (Å²) in [5.74, 6) is 0.00700. The van der Waals surface area contributed by atoms with Crippen LogP contribution in [-0.2, 0) is 4.79 Å². The van der Waals surface area contributed by atoms with E-state index < -0.39 is 5.54 Å². The number of amides is 1. The zero-order chi connectivity index (χ0) is 15.1. The second kappa shape index (κ2) is 4.81. The number of carbonyl (C=O) groups is 2. The van der Waals surface area contributed by atoms with Crippen LogP contribution in [0.1, 0.15) is 31.1 Å². The standard InChI is InChI=1S/C15H21N3O2/c1-10(19)12-9-11(5-6-13(12)16)18-8-7-17(4)14(20)15(18,2)3/h5-6,9H,7-8,16H2,1-4H3. The number of piperazine rings is 1. The van der Waals surface area contributed by atoms with E-state index in [4.69, 9.17) is 5.73 Å². The van der Waals surface area contributed by atoms with E-state index in [1.807, 2.05) is 31.9 Å². The summed E-state index contributed by atoms with van der Waals surface area (Å²) < 4.78 is 0. The molecule has 0 radical (unpaired) electrons. The minimum Gasteiger partial charge on any atom is -0.398 e. The maximum absolute atomic E-state index is 12.3. The summed E-state index contributed by atoms with van der Waals surface area (Å²) >= 11 is 0. The highest BCUT2D eigenvalue weighted by Gasteiger charge is 2.40. The van der Waals surface area contributed by atoms with Gasteiger partial charge in [-0.15, -0.1) is 0 Å². The van der Waals surface area contributed by atoms with Gasteiger partial charge in [-0.2, -0.15) is 0 Å². The van der Waals surface area contributed by atoms with Gasteiger partial charge < -0.3 is 15.5 Å². The number of Topliss-reactive ketones (excluding diaryl/α,β-unsaturated/α-hetero) is 1. The monoisotopic (exact) mass is 275 g/mol. The SMILES string of the molecule is CC(=O)c1cc(N2CCN(C)C(=O)C2(C)C)ccc1N. The highest BCUT2D eigenvalue weighted by molar-refractivity contribution is 6.00. The first-order chi connectivity index (χ1) is 9.25. The maximum Gasteiger partial charge on any atom is 0.247 e. The molecule has 2 rings (SSSR count). The zero-order valence-electron chi connectivity index (χ0n) is 12.4. The average Bonchev–Trinajstić information content (AvgIpc) is 2.37. The summed E-state index contributed by atoms with van der Waals surface area (Å²) in [4.78, 5) is 27.7. The molecule has 1 heterocycles. The molecule has 1 aromatic carbocycles. The normalized spacial score (nSPS) is 18.3. The number of carbonyl (C=O) groups excluding carboxylic acids is 2. The Balaban J connectivity index is 2.43. The summed E-state index contributed by atoms with van der Waals surface area (Å²) in [6, 6.07) is 5.37. The third-order valence-corrected chi connectivity index (χ3v) is 3.93. The van der Waals surface area contributed by atoms with Gasteiger partial charge in [-0.25, -0.2) is 0 Å². The molecule has 1 aliphatic rings. The van der Waals surface area contributed by atoms with Crippen molar-refractivity contribution in [2.75, 3.05) is 30.8 Å². The molecule has 1 aromatic rings. The molecular formula is C15H21N3O2. The molecule has 1 saturated heterocycles. The summed E-state index contributed by atoms with van der Waals surface area (Å²) in [5, 5.41) is 0. The Labute approximate surface area is 119 Å². The van der Waals surface area contributed by atoms with E-state index >= 15 is 0 Å². The number of ketones is 1. The summed E-state index contributed by atoms with van der Waals surface area (Å²) in [6.07, 6.45) is 0. The molecule has 108 valence electrons. The molecule has 1 aliphatic heterocycles. The number of hydrogen-bond donors (Lipinski definition) is 1. The van der Waals surface area contributed by atoms with Gasteiger partial charge in [-0.1, -0.05) is 0 Å². The fraction of sp³-hybridized carbons (Fsp3) is 0.467. The number of nitrogen functional groups attached to an aromatic ring is 1. The van der Waals surface area contributed by atoms with Crippen LogP contribution in [-0.4, -0.2) is 42.3 Å². The Kier molecular flexibility index (Phi) is 3.46. The molecule has 5 nitrogen and oxygen atoms in total. The molecule has 0 unspecified atom stereocenters. The first kappa shape index (κ1) is 14.4. The lowest BCUT2D eigenvalue weighted by atomic mass is 9.96. The van der Waals surface area contributed by atoms with Gasteiger partial charge in [0.15, 0.2) is 5.78 Å². The Morgan fingerprint density at radius 3 is 2.55 bits per heavy atom. The fourth-order valence-corrected chi connectivity index (χ4v) is 2.68. The number of hydrogen-bond acceptors (Lipinski definition) is 4. The van der Waals surface area contributed by atoms with Crippen molar-refractivity contribution in [3.63, 3.8) is 0 Å². The number of rotatable bonds is 2. The van der Waals surface area contributed by atoms with Crippen LogP contribution in [0.3, 0.4) is 0 Å². The van der Waals surface area contributed by atoms with Crippen molar-refractivity contribution in [1.82, 2.24) is 4.90 Å². The minimum absolute atomic E-state index is 0.0670. The van der Waals surface area contributed by atoms with Crippen molar-refractivity contribution in [3.05, 3.63) is 23.8 Å². The lowest BCUT2D eigenvalue weighted by Crippen LogP contribution is -2.62. The molecule has 0 bridgehead atoms. The van der Waals surface area contributed by atoms with Crippen LogP contribution in [0.25, 0.3) is 0 Å². The Hall–Kier alpha value is -2.04. The van der Waals surface area contributed by atoms with E-state index in [2.05, 4.69) is 0 Å². The third kappa shape index (κ3) is 2.24. The van der Waals surface area contributed by atoms with Crippen LogP contribution in [0.5, 0.6) is 0 Å². The van der Waals surface area contributed by atoms with Crippen LogP contribution < -0.4 is 10.6 Å². The van der Waals surface area contributed by atoms with Crippen LogP contribution in [0.2, 0.25) is 0 Å². The molecule has 0 aliphatic carbocycles. The molecule has 0 saturated carbocycles. The predicted octanol–water partition coefficient (Wildman–Crippen LogP) is 1.53. The zero-order valence-corrected chi connectivity index (χ0v) is 12.4. The molecule has 5 heteroatoms. The minimum atomic E-state index is -0.628. The van der Waals surface area contributed by atoms with E-state index in [-0.39, 0.29) is 11.7 Å². The summed E-state index contributed by atoms with van der Waals surface area (Å²) in [7, 11) is 1.81. The number of nitrogens with zero attached hydrogens (tertiary/aromatic N) is 2. The van der Waals surface area contributed by atoms with E-state index in [0.29, 0.717) is 17.8 Å². The number of anilines is 2. The van der Waals surface area contributed by atoms with Crippen LogP contribution in [0, 0.1) is 0 Å².